The maximum Gasteiger partial charge on any atom is 0.137 e. The Morgan fingerprint density at radius 3 is 2.56 bits per heavy atom. The van der Waals surface area contributed by atoms with Crippen molar-refractivity contribution in [3.05, 3.63) is 59.4 Å². The minimum Gasteiger partial charge on any atom is -0.304 e. The molecule has 0 atom stereocenters. The van der Waals surface area contributed by atoms with Crippen LogP contribution >= 0.6 is 35.6 Å². The molecule has 2 aromatic heterocycles. The van der Waals surface area contributed by atoms with E-state index in [9.17, 15) is 0 Å². The van der Waals surface area contributed by atoms with E-state index in [1.165, 1.54) is 0 Å². The van der Waals surface area contributed by atoms with Gasteiger partial charge in [-0.2, -0.15) is 0 Å². The van der Waals surface area contributed by atoms with Crippen molar-refractivity contribution >= 4 is 41.2 Å². The van der Waals surface area contributed by atoms with Gasteiger partial charge in [-0.25, -0.2) is 4.98 Å². The zero-order valence-electron chi connectivity index (χ0n) is 9.80. The van der Waals surface area contributed by atoms with Crippen LogP contribution in [0.2, 0.25) is 5.02 Å². The number of hydrogen-bond donors (Lipinski definition) is 0. The first kappa shape index (κ1) is 13.4. The maximum absolute atomic E-state index is 6.18. The van der Waals surface area contributed by atoms with Crippen molar-refractivity contribution in [2.24, 2.45) is 0 Å². The molecule has 0 radical (unpaired) electrons. The normalized spacial score (nSPS) is 10.3. The Kier molecular flexibility index (Phi) is 3.92. The molecule has 4 heteroatoms. The average molecular weight is 371 g/mol. The van der Waals surface area contributed by atoms with E-state index in [4.69, 9.17) is 11.6 Å². The molecule has 0 aliphatic carbocycles. The van der Waals surface area contributed by atoms with Gasteiger partial charge in [0, 0.05) is 17.5 Å². The van der Waals surface area contributed by atoms with Crippen LogP contribution in [-0.2, 0) is 0 Å². The second kappa shape index (κ2) is 5.28. The standard InChI is InChI=1S/C14H11ClN2.HI/c1-10-5-4-8-14-16-13(9-17(10)14)11-6-2-3-7-12(11)15;/h2-9H,1H3;1H. The summed E-state index contributed by atoms with van der Waals surface area (Å²) in [6, 6.07) is 13.8. The highest BCUT2D eigenvalue weighted by Crippen LogP contribution is 2.27. The van der Waals surface area contributed by atoms with Crippen LogP contribution in [0.5, 0.6) is 0 Å². The third-order valence-electron chi connectivity index (χ3n) is 2.85. The predicted octanol–water partition coefficient (Wildman–Crippen LogP) is 4.58. The lowest BCUT2D eigenvalue weighted by molar-refractivity contribution is 1.09. The van der Waals surface area contributed by atoms with Crippen LogP contribution in [-0.4, -0.2) is 9.38 Å². The van der Waals surface area contributed by atoms with Gasteiger partial charge in [0.1, 0.15) is 5.65 Å². The number of benzene rings is 1. The highest BCUT2D eigenvalue weighted by molar-refractivity contribution is 14.0. The minimum absolute atomic E-state index is 0. The molecular weight excluding hydrogens is 359 g/mol. The van der Waals surface area contributed by atoms with E-state index in [0.29, 0.717) is 0 Å². The smallest absolute Gasteiger partial charge is 0.137 e. The number of halogens is 2. The molecule has 0 saturated carbocycles. The topological polar surface area (TPSA) is 17.3 Å². The van der Waals surface area contributed by atoms with Gasteiger partial charge in [-0.3, -0.25) is 0 Å². The molecule has 0 aliphatic heterocycles. The largest absolute Gasteiger partial charge is 0.304 e. The SMILES string of the molecule is Cc1cccc2nc(-c3ccccc3Cl)cn12.I. The molecule has 3 aromatic rings. The molecule has 0 unspecified atom stereocenters. The van der Waals surface area contributed by atoms with Crippen molar-refractivity contribution in [1.29, 1.82) is 0 Å². The number of nitrogens with zero attached hydrogens (tertiary/aromatic N) is 2. The van der Waals surface area contributed by atoms with E-state index in [1.54, 1.807) is 0 Å². The number of imidazole rings is 1. The molecule has 2 heterocycles. The Hall–Kier alpha value is -1.07. The fourth-order valence-electron chi connectivity index (χ4n) is 1.95. The fraction of sp³-hybridized carbons (Fsp3) is 0.0714. The quantitative estimate of drug-likeness (QED) is 0.573. The van der Waals surface area contributed by atoms with E-state index < -0.39 is 0 Å². The zero-order chi connectivity index (χ0) is 11.8. The predicted molar refractivity (Wildman–Crippen MR) is 85.8 cm³/mol. The lowest BCUT2D eigenvalue weighted by atomic mass is 10.2. The molecular formula is C14H12ClIN2. The van der Waals surface area contributed by atoms with E-state index in [2.05, 4.69) is 22.4 Å². The van der Waals surface area contributed by atoms with Gasteiger partial charge in [0.25, 0.3) is 0 Å². The van der Waals surface area contributed by atoms with Crippen molar-refractivity contribution < 1.29 is 0 Å². The van der Waals surface area contributed by atoms with Gasteiger partial charge < -0.3 is 4.40 Å². The minimum atomic E-state index is 0. The van der Waals surface area contributed by atoms with Crippen LogP contribution in [0.4, 0.5) is 0 Å². The summed E-state index contributed by atoms with van der Waals surface area (Å²) >= 11 is 6.18. The summed E-state index contributed by atoms with van der Waals surface area (Å²) in [6.45, 7) is 2.06. The first-order chi connectivity index (χ1) is 8.25. The summed E-state index contributed by atoms with van der Waals surface area (Å²) in [6.07, 6.45) is 2.02. The summed E-state index contributed by atoms with van der Waals surface area (Å²) in [7, 11) is 0. The molecule has 0 amide bonds. The molecule has 0 saturated heterocycles. The number of fused-ring (bicyclic) bond motifs is 1. The molecule has 0 spiro atoms. The second-order valence-corrected chi connectivity index (χ2v) is 4.41. The van der Waals surface area contributed by atoms with Gasteiger partial charge in [0.15, 0.2) is 0 Å². The molecule has 0 aliphatic rings. The maximum atomic E-state index is 6.18. The summed E-state index contributed by atoms with van der Waals surface area (Å²) in [5.41, 5.74) is 3.98. The summed E-state index contributed by atoms with van der Waals surface area (Å²) in [5, 5.41) is 0.730. The fourth-order valence-corrected chi connectivity index (χ4v) is 2.18. The Balaban J connectivity index is 0.00000120. The third-order valence-corrected chi connectivity index (χ3v) is 3.18. The van der Waals surface area contributed by atoms with Crippen molar-refractivity contribution in [2.75, 3.05) is 0 Å². The molecule has 3 rings (SSSR count). The molecule has 18 heavy (non-hydrogen) atoms. The number of rotatable bonds is 1. The Labute approximate surface area is 128 Å². The zero-order valence-corrected chi connectivity index (χ0v) is 12.9. The first-order valence-corrected chi connectivity index (χ1v) is 5.83. The average Bonchev–Trinajstić information content (AvgIpc) is 2.75. The first-order valence-electron chi connectivity index (χ1n) is 5.45. The van der Waals surface area contributed by atoms with Crippen molar-refractivity contribution in [1.82, 2.24) is 9.38 Å². The van der Waals surface area contributed by atoms with Crippen LogP contribution in [0.1, 0.15) is 5.69 Å². The van der Waals surface area contributed by atoms with E-state index in [-0.39, 0.29) is 24.0 Å². The van der Waals surface area contributed by atoms with E-state index in [0.717, 1.165) is 27.6 Å². The van der Waals surface area contributed by atoms with Crippen LogP contribution in [0, 0.1) is 6.92 Å². The van der Waals surface area contributed by atoms with Crippen LogP contribution < -0.4 is 0 Å². The Morgan fingerprint density at radius 2 is 1.83 bits per heavy atom. The van der Waals surface area contributed by atoms with Crippen molar-refractivity contribution in [3.63, 3.8) is 0 Å². The summed E-state index contributed by atoms with van der Waals surface area (Å²) < 4.78 is 2.07. The molecule has 0 N–H and O–H groups in total. The lowest BCUT2D eigenvalue weighted by Crippen LogP contribution is -1.86. The number of aromatic nitrogens is 2. The van der Waals surface area contributed by atoms with Crippen molar-refractivity contribution in [2.45, 2.75) is 6.92 Å². The second-order valence-electron chi connectivity index (χ2n) is 4.00. The van der Waals surface area contributed by atoms with Crippen LogP contribution in [0.15, 0.2) is 48.7 Å². The number of aryl methyl sites for hydroxylation is 1. The van der Waals surface area contributed by atoms with Crippen molar-refractivity contribution in [3.8, 4) is 11.3 Å². The van der Waals surface area contributed by atoms with Crippen LogP contribution in [0.3, 0.4) is 0 Å². The Bertz CT molecular complexity index is 691. The van der Waals surface area contributed by atoms with Gasteiger partial charge in [-0.1, -0.05) is 35.9 Å². The van der Waals surface area contributed by atoms with Gasteiger partial charge in [0.05, 0.1) is 10.7 Å². The molecule has 92 valence electrons. The van der Waals surface area contributed by atoms with Gasteiger partial charge in [-0.05, 0) is 25.1 Å². The highest BCUT2D eigenvalue weighted by Gasteiger charge is 2.07. The lowest BCUT2D eigenvalue weighted by Gasteiger charge is -1.98. The Morgan fingerprint density at radius 1 is 1.06 bits per heavy atom. The summed E-state index contributed by atoms with van der Waals surface area (Å²) in [5.74, 6) is 0. The molecule has 2 nitrogen and oxygen atoms in total. The van der Waals surface area contributed by atoms with Crippen LogP contribution in [0.25, 0.3) is 16.9 Å². The van der Waals surface area contributed by atoms with E-state index >= 15 is 0 Å². The molecule has 1 aromatic carbocycles. The number of pyridine rings is 1. The number of hydrogen-bond acceptors (Lipinski definition) is 1. The summed E-state index contributed by atoms with van der Waals surface area (Å²) in [4.78, 5) is 4.58. The van der Waals surface area contributed by atoms with Gasteiger partial charge >= 0.3 is 0 Å². The van der Waals surface area contributed by atoms with Gasteiger partial charge in [-0.15, -0.1) is 24.0 Å². The monoisotopic (exact) mass is 370 g/mol. The van der Waals surface area contributed by atoms with E-state index in [1.807, 2.05) is 42.6 Å². The molecule has 0 fully saturated rings. The third kappa shape index (κ3) is 2.24. The molecule has 0 bridgehead atoms. The highest BCUT2D eigenvalue weighted by atomic mass is 127. The van der Waals surface area contributed by atoms with Gasteiger partial charge in [0.2, 0.25) is 0 Å².